The van der Waals surface area contributed by atoms with Gasteiger partial charge in [-0.2, -0.15) is 0 Å². The molecule has 0 saturated carbocycles. The number of nitrogens with one attached hydrogen (secondary N) is 2. The van der Waals surface area contributed by atoms with Crippen molar-refractivity contribution in [1.29, 1.82) is 0 Å². The number of hydrogen-bond donors (Lipinski definition) is 2. The van der Waals surface area contributed by atoms with Crippen molar-refractivity contribution in [2.45, 2.75) is 13.0 Å². The first kappa shape index (κ1) is 18.4. The number of carbonyl (C=O) groups excluding carboxylic acids is 2. The Balaban J connectivity index is 1.75. The summed E-state index contributed by atoms with van der Waals surface area (Å²) in [7, 11) is 1.56. The molecule has 0 atom stereocenters. The molecule has 0 bridgehead atoms. The molecular weight excluding hydrogens is 330 g/mol. The number of rotatable bonds is 7. The van der Waals surface area contributed by atoms with E-state index in [4.69, 9.17) is 4.74 Å². The van der Waals surface area contributed by atoms with E-state index in [2.05, 4.69) is 10.6 Å². The molecule has 0 spiro atoms. The molecule has 2 aromatic carbocycles. The lowest BCUT2D eigenvalue weighted by molar-refractivity contribution is -0.121. The third-order valence-corrected chi connectivity index (χ3v) is 3.44. The van der Waals surface area contributed by atoms with Crippen LogP contribution in [0.15, 0.2) is 42.5 Å². The van der Waals surface area contributed by atoms with Crippen LogP contribution in [-0.4, -0.2) is 25.5 Å². The van der Waals surface area contributed by atoms with Crippen LogP contribution in [0.4, 0.5) is 8.78 Å². The molecule has 0 aromatic heterocycles. The van der Waals surface area contributed by atoms with Gasteiger partial charge < -0.3 is 15.4 Å². The summed E-state index contributed by atoms with van der Waals surface area (Å²) in [6.45, 7) is 0.371. The van der Waals surface area contributed by atoms with Crippen LogP contribution in [-0.2, 0) is 11.3 Å². The molecular formula is C18H18F2N2O3. The average molecular weight is 348 g/mol. The third-order valence-electron chi connectivity index (χ3n) is 3.44. The first-order valence-electron chi connectivity index (χ1n) is 7.62. The molecule has 0 saturated heterocycles. The number of amides is 2. The zero-order chi connectivity index (χ0) is 18.2. The van der Waals surface area contributed by atoms with Gasteiger partial charge in [0.1, 0.15) is 17.4 Å². The normalized spacial score (nSPS) is 10.2. The van der Waals surface area contributed by atoms with Crippen molar-refractivity contribution in [3.63, 3.8) is 0 Å². The van der Waals surface area contributed by atoms with E-state index in [1.807, 2.05) is 12.1 Å². The smallest absolute Gasteiger partial charge is 0.254 e. The molecule has 0 aliphatic heterocycles. The van der Waals surface area contributed by atoms with Crippen LogP contribution >= 0.6 is 0 Å². The Labute approximate surface area is 144 Å². The first-order chi connectivity index (χ1) is 12.0. The predicted octanol–water partition coefficient (Wildman–Crippen LogP) is 2.41. The topological polar surface area (TPSA) is 67.4 Å². The summed E-state index contributed by atoms with van der Waals surface area (Å²) in [4.78, 5) is 23.6. The molecule has 132 valence electrons. The number of benzene rings is 2. The molecule has 0 radical (unpaired) electrons. The molecule has 0 fully saturated rings. The van der Waals surface area contributed by atoms with Gasteiger partial charge in [0.2, 0.25) is 5.91 Å². The summed E-state index contributed by atoms with van der Waals surface area (Å²) < 4.78 is 31.4. The number of ether oxygens (including phenoxy) is 1. The van der Waals surface area contributed by atoms with Crippen molar-refractivity contribution in [3.05, 3.63) is 65.2 Å². The largest absolute Gasteiger partial charge is 0.497 e. The number of halogens is 2. The van der Waals surface area contributed by atoms with Gasteiger partial charge in [-0.05, 0) is 29.8 Å². The van der Waals surface area contributed by atoms with E-state index in [0.29, 0.717) is 18.4 Å². The highest BCUT2D eigenvalue weighted by Crippen LogP contribution is 2.12. The van der Waals surface area contributed by atoms with Crippen molar-refractivity contribution in [3.8, 4) is 5.75 Å². The maximum absolute atomic E-state index is 13.5. The summed E-state index contributed by atoms with van der Waals surface area (Å²) in [6.07, 6.45) is 0.0402. The minimum Gasteiger partial charge on any atom is -0.497 e. The van der Waals surface area contributed by atoms with Gasteiger partial charge in [0, 0.05) is 25.6 Å². The molecule has 5 nitrogen and oxygen atoms in total. The Morgan fingerprint density at radius 2 is 1.88 bits per heavy atom. The Kier molecular flexibility index (Phi) is 6.45. The van der Waals surface area contributed by atoms with E-state index in [1.165, 1.54) is 0 Å². The predicted molar refractivity (Wildman–Crippen MR) is 88.1 cm³/mol. The van der Waals surface area contributed by atoms with Crippen molar-refractivity contribution in [1.82, 2.24) is 10.6 Å². The third kappa shape index (κ3) is 5.56. The summed E-state index contributed by atoms with van der Waals surface area (Å²) in [5, 5.41) is 5.14. The van der Waals surface area contributed by atoms with Gasteiger partial charge in [-0.25, -0.2) is 8.78 Å². The molecule has 0 aliphatic carbocycles. The van der Waals surface area contributed by atoms with Crippen LogP contribution in [0.5, 0.6) is 5.75 Å². The SMILES string of the molecule is COc1cccc(CNC(=O)CCNC(=O)c2ccc(F)cc2F)c1. The van der Waals surface area contributed by atoms with E-state index >= 15 is 0 Å². The fourth-order valence-electron chi connectivity index (χ4n) is 2.13. The second kappa shape index (κ2) is 8.77. The molecule has 0 aliphatic rings. The van der Waals surface area contributed by atoms with Gasteiger partial charge in [0.15, 0.2) is 0 Å². The molecule has 2 aromatic rings. The van der Waals surface area contributed by atoms with Gasteiger partial charge in [-0.3, -0.25) is 9.59 Å². The lowest BCUT2D eigenvalue weighted by Crippen LogP contribution is -2.31. The standard InChI is InChI=1S/C18H18F2N2O3/c1-25-14-4-2-3-12(9-14)11-22-17(23)7-8-21-18(24)15-6-5-13(19)10-16(15)20/h2-6,9-10H,7-8,11H2,1H3,(H,21,24)(H,22,23). The molecule has 0 unspecified atom stereocenters. The van der Waals surface area contributed by atoms with Gasteiger partial charge in [0.25, 0.3) is 5.91 Å². The van der Waals surface area contributed by atoms with Crippen LogP contribution < -0.4 is 15.4 Å². The van der Waals surface area contributed by atoms with Crippen molar-refractivity contribution in [2.24, 2.45) is 0 Å². The molecule has 2 N–H and O–H groups in total. The zero-order valence-corrected chi connectivity index (χ0v) is 13.6. The molecule has 2 rings (SSSR count). The minimum atomic E-state index is -0.944. The number of methoxy groups -OCH3 is 1. The van der Waals surface area contributed by atoms with E-state index in [1.54, 1.807) is 19.2 Å². The van der Waals surface area contributed by atoms with Crippen LogP contribution in [0.25, 0.3) is 0 Å². The summed E-state index contributed by atoms with van der Waals surface area (Å²) >= 11 is 0. The molecule has 25 heavy (non-hydrogen) atoms. The second-order valence-electron chi connectivity index (χ2n) is 5.26. The van der Waals surface area contributed by atoms with Crippen LogP contribution in [0.1, 0.15) is 22.3 Å². The highest BCUT2D eigenvalue weighted by molar-refractivity contribution is 5.94. The Morgan fingerprint density at radius 3 is 2.60 bits per heavy atom. The molecule has 7 heteroatoms. The van der Waals surface area contributed by atoms with E-state index in [0.717, 1.165) is 17.7 Å². The second-order valence-corrected chi connectivity index (χ2v) is 5.26. The molecule has 2 amide bonds. The maximum atomic E-state index is 13.5. The van der Waals surface area contributed by atoms with Crippen molar-refractivity contribution < 1.29 is 23.1 Å². The van der Waals surface area contributed by atoms with E-state index < -0.39 is 17.5 Å². The highest BCUT2D eigenvalue weighted by Gasteiger charge is 2.12. The van der Waals surface area contributed by atoms with E-state index in [-0.39, 0.29) is 24.4 Å². The van der Waals surface area contributed by atoms with Crippen molar-refractivity contribution in [2.75, 3.05) is 13.7 Å². The van der Waals surface area contributed by atoms with Gasteiger partial charge >= 0.3 is 0 Å². The van der Waals surface area contributed by atoms with E-state index in [9.17, 15) is 18.4 Å². The minimum absolute atomic E-state index is 0.0402. The lowest BCUT2D eigenvalue weighted by Gasteiger charge is -2.08. The van der Waals surface area contributed by atoms with Crippen LogP contribution in [0, 0.1) is 11.6 Å². The van der Waals surface area contributed by atoms with Crippen LogP contribution in [0.2, 0.25) is 0 Å². The molecule has 0 heterocycles. The first-order valence-corrected chi connectivity index (χ1v) is 7.62. The Morgan fingerprint density at radius 1 is 1.08 bits per heavy atom. The number of hydrogen-bond acceptors (Lipinski definition) is 3. The fourth-order valence-corrected chi connectivity index (χ4v) is 2.13. The average Bonchev–Trinajstić information content (AvgIpc) is 2.60. The monoisotopic (exact) mass is 348 g/mol. The number of carbonyl (C=O) groups is 2. The summed E-state index contributed by atoms with van der Waals surface area (Å²) in [5.74, 6) is -1.97. The van der Waals surface area contributed by atoms with Crippen LogP contribution in [0.3, 0.4) is 0 Å². The summed E-state index contributed by atoms with van der Waals surface area (Å²) in [6, 6.07) is 9.96. The highest BCUT2D eigenvalue weighted by atomic mass is 19.1. The summed E-state index contributed by atoms with van der Waals surface area (Å²) in [5.41, 5.74) is 0.614. The zero-order valence-electron chi connectivity index (χ0n) is 13.6. The van der Waals surface area contributed by atoms with Crippen molar-refractivity contribution >= 4 is 11.8 Å². The Bertz CT molecular complexity index is 766. The van der Waals surface area contributed by atoms with Gasteiger partial charge in [-0.15, -0.1) is 0 Å². The lowest BCUT2D eigenvalue weighted by atomic mass is 10.2. The van der Waals surface area contributed by atoms with Gasteiger partial charge in [-0.1, -0.05) is 12.1 Å². The Hall–Kier alpha value is -2.96. The maximum Gasteiger partial charge on any atom is 0.254 e. The van der Waals surface area contributed by atoms with Gasteiger partial charge in [0.05, 0.1) is 12.7 Å². The quantitative estimate of drug-likeness (QED) is 0.807. The fraction of sp³-hybridized carbons (Fsp3) is 0.222.